The van der Waals surface area contributed by atoms with Crippen LogP contribution in [0.25, 0.3) is 0 Å². The summed E-state index contributed by atoms with van der Waals surface area (Å²) in [5.41, 5.74) is 4.57. The van der Waals surface area contributed by atoms with Crippen LogP contribution < -0.4 is 5.73 Å². The molecule has 6 heteroatoms. The lowest BCUT2D eigenvalue weighted by atomic mass is 11.3. The van der Waals surface area contributed by atoms with Crippen LogP contribution in [0.15, 0.2) is 5.16 Å². The van der Waals surface area contributed by atoms with E-state index in [1.165, 1.54) is 0 Å². The molecule has 46 valence electrons. The van der Waals surface area contributed by atoms with Crippen LogP contribution in [0.3, 0.4) is 0 Å². The Bertz CT molecular complexity index is 119. The van der Waals surface area contributed by atoms with Crippen molar-refractivity contribution in [1.29, 1.82) is 0 Å². The highest BCUT2D eigenvalue weighted by Gasteiger charge is 1.88. The Kier molecular flexibility index (Phi) is 4.51. The number of hydrogen-bond acceptors (Lipinski definition) is 3. The van der Waals surface area contributed by atoms with Crippen molar-refractivity contribution >= 4 is 53.0 Å². The minimum absolute atomic E-state index is 0.596. The molecule has 0 rings (SSSR count). The fourth-order valence-corrected chi connectivity index (χ4v) is 0.276. The third-order valence-electron chi connectivity index (χ3n) is 0.205. The number of hydrogen-bond donors (Lipinski definition) is 1. The summed E-state index contributed by atoms with van der Waals surface area (Å²) in [7, 11) is 0. The monoisotopic (exact) mass is 340 g/mol. The van der Waals surface area contributed by atoms with Crippen LogP contribution in [0.4, 0.5) is 4.79 Å². The average molecular weight is 340 g/mol. The van der Waals surface area contributed by atoms with Crippen LogP contribution in [-0.2, 0) is 4.84 Å². The summed E-state index contributed by atoms with van der Waals surface area (Å²) < 4.78 is 0.596. The summed E-state index contributed by atoms with van der Waals surface area (Å²) in [6.45, 7) is 0. The summed E-state index contributed by atoms with van der Waals surface area (Å²) in [4.78, 5) is 13.8. The molecule has 2 N–H and O–H groups in total. The molecule has 8 heavy (non-hydrogen) atoms. The van der Waals surface area contributed by atoms with Gasteiger partial charge in [-0.15, -0.1) is 0 Å². The fourth-order valence-electron chi connectivity index (χ4n) is 0.0795. The molecule has 0 radical (unpaired) electrons. The van der Waals surface area contributed by atoms with Gasteiger partial charge in [-0.1, -0.05) is 5.16 Å². The lowest BCUT2D eigenvalue weighted by molar-refractivity contribution is 0.162. The molecular weight excluding hydrogens is 338 g/mol. The number of rotatable bonds is 1. The highest BCUT2D eigenvalue weighted by Crippen LogP contribution is 1.99. The minimum Gasteiger partial charge on any atom is -0.333 e. The molecule has 0 spiro atoms. The first-order valence-corrected chi connectivity index (χ1v) is 3.64. The molecule has 0 aliphatic carbocycles. The number of primary amides is 1. The smallest absolute Gasteiger partial charge is 0.333 e. The maximum Gasteiger partial charge on any atom is 0.430 e. The van der Waals surface area contributed by atoms with Crippen molar-refractivity contribution in [2.75, 3.05) is 0 Å². The van der Waals surface area contributed by atoms with E-state index in [0.717, 1.165) is 0 Å². The molecule has 0 aromatic heterocycles. The van der Waals surface area contributed by atoms with Crippen LogP contribution in [0.2, 0.25) is 0 Å². The van der Waals surface area contributed by atoms with Crippen LogP contribution in [0, 0.1) is 0 Å². The number of nitrogens with zero attached hydrogens (tertiary/aromatic N) is 1. The molecule has 0 heterocycles. The van der Waals surface area contributed by atoms with Gasteiger partial charge in [0.05, 0.1) is 0 Å². The first-order valence-electron chi connectivity index (χ1n) is 1.48. The first-order chi connectivity index (χ1) is 3.63. The predicted molar refractivity (Wildman–Crippen MR) is 46.1 cm³/mol. The quantitative estimate of drug-likeness (QED) is 0.338. The zero-order valence-corrected chi connectivity index (χ0v) is 7.91. The number of halogens is 2. The van der Waals surface area contributed by atoms with Crippen LogP contribution in [0.1, 0.15) is 0 Å². The van der Waals surface area contributed by atoms with Gasteiger partial charge in [0.25, 0.3) is 0 Å². The van der Waals surface area contributed by atoms with Crippen molar-refractivity contribution in [1.82, 2.24) is 0 Å². The van der Waals surface area contributed by atoms with E-state index >= 15 is 0 Å². The van der Waals surface area contributed by atoms with E-state index in [1.54, 1.807) is 0 Å². The van der Waals surface area contributed by atoms with Gasteiger partial charge in [-0.3, -0.25) is 4.84 Å². The number of amides is 1. The Morgan fingerprint density at radius 2 is 2.12 bits per heavy atom. The summed E-state index contributed by atoms with van der Waals surface area (Å²) in [6.07, 6.45) is -0.893. The SMILES string of the molecule is NC(=O)ON=C(I)I. The molecule has 4 nitrogen and oxygen atoms in total. The van der Waals surface area contributed by atoms with E-state index in [4.69, 9.17) is 0 Å². The summed E-state index contributed by atoms with van der Waals surface area (Å²) in [6, 6.07) is 0. The van der Waals surface area contributed by atoms with Gasteiger partial charge >= 0.3 is 6.09 Å². The largest absolute Gasteiger partial charge is 0.430 e. The molecule has 0 fully saturated rings. The maximum atomic E-state index is 9.79. The molecule has 0 aliphatic rings. The molecule has 0 unspecified atom stereocenters. The van der Waals surface area contributed by atoms with Gasteiger partial charge in [0.15, 0.2) is 1.73 Å². The van der Waals surface area contributed by atoms with Crippen molar-refractivity contribution < 1.29 is 9.63 Å². The third kappa shape index (κ3) is 6.40. The van der Waals surface area contributed by atoms with Crippen molar-refractivity contribution in [2.45, 2.75) is 0 Å². The number of oxime groups is 1. The second-order valence-electron chi connectivity index (χ2n) is 0.742. The molecule has 0 bridgehead atoms. The Labute approximate surface area is 73.1 Å². The van der Waals surface area contributed by atoms with Gasteiger partial charge in [-0.2, -0.15) is 0 Å². The Morgan fingerprint density at radius 1 is 1.62 bits per heavy atom. The standard InChI is InChI=1S/C2H2I2N2O2/c3-1(4)6-8-2(5)7/h(H2,5,7). The molecule has 0 atom stereocenters. The van der Waals surface area contributed by atoms with Crippen molar-refractivity contribution in [3.05, 3.63) is 0 Å². The van der Waals surface area contributed by atoms with E-state index in [0.29, 0.717) is 1.73 Å². The van der Waals surface area contributed by atoms with Gasteiger partial charge in [-0.05, 0) is 45.2 Å². The molecule has 0 aromatic rings. The second kappa shape index (κ2) is 4.30. The van der Waals surface area contributed by atoms with E-state index in [-0.39, 0.29) is 0 Å². The maximum absolute atomic E-state index is 9.79. The number of carbonyl (C=O) groups is 1. The second-order valence-corrected chi connectivity index (χ2v) is 4.85. The van der Waals surface area contributed by atoms with Gasteiger partial charge in [0.1, 0.15) is 0 Å². The Morgan fingerprint density at radius 3 is 2.25 bits per heavy atom. The lowest BCUT2D eigenvalue weighted by Crippen LogP contribution is -2.09. The average Bonchev–Trinajstić information content (AvgIpc) is 1.61. The minimum atomic E-state index is -0.893. The van der Waals surface area contributed by atoms with E-state index < -0.39 is 6.09 Å². The molecule has 1 amide bonds. The van der Waals surface area contributed by atoms with Gasteiger partial charge < -0.3 is 5.73 Å². The van der Waals surface area contributed by atoms with Crippen molar-refractivity contribution in [2.24, 2.45) is 10.9 Å². The normalized spacial score (nSPS) is 7.75. The summed E-state index contributed by atoms with van der Waals surface area (Å²) in [5.74, 6) is 0. The number of carbonyl (C=O) groups excluding carboxylic acids is 1. The fraction of sp³-hybridized carbons (Fsp3) is 0. The Balaban J connectivity index is 3.45. The highest BCUT2D eigenvalue weighted by atomic mass is 127. The Hall–Kier alpha value is 0.400. The van der Waals surface area contributed by atoms with Crippen LogP contribution in [0.5, 0.6) is 0 Å². The van der Waals surface area contributed by atoms with Gasteiger partial charge in [-0.25, -0.2) is 4.79 Å². The van der Waals surface area contributed by atoms with Gasteiger partial charge in [0, 0.05) is 0 Å². The van der Waals surface area contributed by atoms with Crippen LogP contribution >= 0.6 is 45.2 Å². The summed E-state index contributed by atoms with van der Waals surface area (Å²) in [5, 5.41) is 3.24. The lowest BCUT2D eigenvalue weighted by Gasteiger charge is -1.85. The highest BCUT2D eigenvalue weighted by molar-refractivity contribution is 14.2. The molecular formula is C2H2I2N2O2. The predicted octanol–water partition coefficient (Wildman–Crippen LogP) is 1.22. The zero-order chi connectivity index (χ0) is 6.57. The van der Waals surface area contributed by atoms with Crippen molar-refractivity contribution in [3.8, 4) is 0 Å². The molecule has 0 aliphatic heterocycles. The summed E-state index contributed by atoms with van der Waals surface area (Å²) >= 11 is 3.76. The van der Waals surface area contributed by atoms with E-state index in [1.807, 2.05) is 45.2 Å². The topological polar surface area (TPSA) is 64.7 Å². The zero-order valence-electron chi connectivity index (χ0n) is 3.60. The van der Waals surface area contributed by atoms with E-state index in [9.17, 15) is 4.79 Å². The van der Waals surface area contributed by atoms with Gasteiger partial charge in [0.2, 0.25) is 0 Å². The van der Waals surface area contributed by atoms with E-state index in [2.05, 4.69) is 15.7 Å². The molecule has 0 aromatic carbocycles. The molecule has 0 saturated carbocycles. The first kappa shape index (κ1) is 8.40. The molecule has 0 saturated heterocycles. The van der Waals surface area contributed by atoms with Crippen molar-refractivity contribution in [3.63, 3.8) is 0 Å². The van der Waals surface area contributed by atoms with Crippen LogP contribution in [-0.4, -0.2) is 7.82 Å². The third-order valence-corrected chi connectivity index (χ3v) is 0.599. The number of nitrogens with two attached hydrogens (primary N) is 1.